The van der Waals surface area contributed by atoms with Crippen LogP contribution in [-0.2, 0) is 4.79 Å². The third-order valence-corrected chi connectivity index (χ3v) is 4.03. The number of hydrogen-bond acceptors (Lipinski definition) is 6. The van der Waals surface area contributed by atoms with Crippen molar-refractivity contribution in [2.24, 2.45) is 0 Å². The van der Waals surface area contributed by atoms with Crippen LogP contribution in [0.25, 0.3) is 16.9 Å². The van der Waals surface area contributed by atoms with E-state index < -0.39 is 0 Å². The molecule has 106 valence electrons. The predicted octanol–water partition coefficient (Wildman–Crippen LogP) is 2.55. The Bertz CT molecular complexity index is 819. The van der Waals surface area contributed by atoms with Gasteiger partial charge in [0, 0.05) is 5.02 Å². The van der Waals surface area contributed by atoms with Gasteiger partial charge in [-0.15, -0.1) is 5.10 Å². The number of halogens is 1. The smallest absolute Gasteiger partial charge is 0.187 e. The van der Waals surface area contributed by atoms with Gasteiger partial charge in [0.25, 0.3) is 0 Å². The fraction of sp³-hybridized carbons (Fsp3) is 0.154. The molecule has 6 nitrogen and oxygen atoms in total. The van der Waals surface area contributed by atoms with E-state index in [1.165, 1.54) is 25.0 Å². The second-order valence-corrected chi connectivity index (χ2v) is 5.72. The number of rotatable bonds is 4. The summed E-state index contributed by atoms with van der Waals surface area (Å²) in [7, 11) is 0. The van der Waals surface area contributed by atoms with Crippen molar-refractivity contribution >= 4 is 40.3 Å². The summed E-state index contributed by atoms with van der Waals surface area (Å²) in [4.78, 5) is 19.5. The Kier molecular flexibility index (Phi) is 3.85. The van der Waals surface area contributed by atoms with E-state index in [-0.39, 0.29) is 5.78 Å². The average molecular weight is 320 g/mol. The number of ketones is 1. The van der Waals surface area contributed by atoms with Gasteiger partial charge in [0.2, 0.25) is 0 Å². The maximum absolute atomic E-state index is 11.1. The first-order valence-corrected chi connectivity index (χ1v) is 7.46. The number of carbonyl (C=O) groups excluding carboxylic acids is 1. The number of aromatic nitrogens is 5. The van der Waals surface area contributed by atoms with Crippen molar-refractivity contribution in [2.45, 2.75) is 11.9 Å². The van der Waals surface area contributed by atoms with E-state index in [0.29, 0.717) is 27.0 Å². The van der Waals surface area contributed by atoms with Crippen LogP contribution >= 0.6 is 23.4 Å². The highest BCUT2D eigenvalue weighted by Gasteiger charge is 2.13. The number of carbonyl (C=O) groups is 1. The van der Waals surface area contributed by atoms with Gasteiger partial charge in [0.05, 0.1) is 11.4 Å². The van der Waals surface area contributed by atoms with Crippen molar-refractivity contribution in [1.29, 1.82) is 0 Å². The number of fused-ring (bicyclic) bond motifs is 1. The zero-order valence-electron chi connectivity index (χ0n) is 11.0. The Labute approximate surface area is 129 Å². The van der Waals surface area contributed by atoms with E-state index in [9.17, 15) is 4.79 Å². The molecule has 2 heterocycles. The van der Waals surface area contributed by atoms with E-state index in [1.807, 2.05) is 12.1 Å². The Balaban J connectivity index is 2.06. The number of hydrogen-bond donors (Lipinski definition) is 0. The van der Waals surface area contributed by atoms with Crippen LogP contribution in [-0.4, -0.2) is 36.5 Å². The first-order chi connectivity index (χ1) is 10.1. The van der Waals surface area contributed by atoms with Crippen molar-refractivity contribution in [2.75, 3.05) is 5.75 Å². The SMILES string of the molecule is CC(=O)CSc1ncnc2c1nnn2-c1cccc(Cl)c1. The molecule has 1 aromatic carbocycles. The number of Topliss-reactive ketones (excluding diaryl/α,β-unsaturated/α-hetero) is 1. The van der Waals surface area contributed by atoms with Crippen molar-refractivity contribution in [3.05, 3.63) is 35.6 Å². The van der Waals surface area contributed by atoms with Crippen LogP contribution in [0.3, 0.4) is 0 Å². The lowest BCUT2D eigenvalue weighted by atomic mass is 10.3. The maximum atomic E-state index is 11.1. The van der Waals surface area contributed by atoms with Gasteiger partial charge in [-0.2, -0.15) is 4.68 Å². The topological polar surface area (TPSA) is 73.6 Å². The van der Waals surface area contributed by atoms with Crippen LogP contribution in [0.15, 0.2) is 35.6 Å². The lowest BCUT2D eigenvalue weighted by Crippen LogP contribution is -1.98. The molecular formula is C13H10ClN5OS. The van der Waals surface area contributed by atoms with E-state index in [2.05, 4.69) is 20.3 Å². The fourth-order valence-electron chi connectivity index (χ4n) is 1.79. The normalized spacial score (nSPS) is 11.0. The van der Waals surface area contributed by atoms with Crippen LogP contribution in [0.2, 0.25) is 5.02 Å². The highest BCUT2D eigenvalue weighted by atomic mass is 35.5. The Morgan fingerprint density at radius 2 is 2.24 bits per heavy atom. The Morgan fingerprint density at radius 3 is 3.00 bits per heavy atom. The molecule has 0 radical (unpaired) electrons. The molecule has 0 atom stereocenters. The molecule has 0 amide bonds. The summed E-state index contributed by atoms with van der Waals surface area (Å²) in [6, 6.07) is 7.26. The van der Waals surface area contributed by atoms with Gasteiger partial charge in [-0.25, -0.2) is 9.97 Å². The predicted molar refractivity (Wildman–Crippen MR) is 80.9 cm³/mol. The molecule has 8 heteroatoms. The van der Waals surface area contributed by atoms with Crippen LogP contribution in [0, 0.1) is 0 Å². The molecule has 21 heavy (non-hydrogen) atoms. The second-order valence-electron chi connectivity index (χ2n) is 4.32. The lowest BCUT2D eigenvalue weighted by Gasteiger charge is -2.02. The third-order valence-electron chi connectivity index (χ3n) is 2.67. The molecule has 0 saturated heterocycles. The van der Waals surface area contributed by atoms with Gasteiger partial charge in [-0.05, 0) is 25.1 Å². The van der Waals surface area contributed by atoms with Crippen molar-refractivity contribution in [3.8, 4) is 5.69 Å². The van der Waals surface area contributed by atoms with Gasteiger partial charge in [-0.1, -0.05) is 34.6 Å². The Morgan fingerprint density at radius 1 is 1.38 bits per heavy atom. The van der Waals surface area contributed by atoms with E-state index in [0.717, 1.165) is 5.69 Å². The molecular weight excluding hydrogens is 310 g/mol. The highest BCUT2D eigenvalue weighted by Crippen LogP contribution is 2.24. The molecule has 0 aliphatic heterocycles. The summed E-state index contributed by atoms with van der Waals surface area (Å²) in [5, 5.41) is 9.47. The van der Waals surface area contributed by atoms with Crippen molar-refractivity contribution in [3.63, 3.8) is 0 Å². The molecule has 0 spiro atoms. The first kappa shape index (κ1) is 14.0. The molecule has 2 aromatic heterocycles. The summed E-state index contributed by atoms with van der Waals surface area (Å²) in [5.74, 6) is 0.421. The molecule has 0 unspecified atom stereocenters. The molecule has 3 aromatic rings. The second kappa shape index (κ2) is 5.79. The molecule has 0 N–H and O–H groups in total. The molecule has 0 saturated carbocycles. The molecule has 0 aliphatic rings. The zero-order chi connectivity index (χ0) is 14.8. The van der Waals surface area contributed by atoms with E-state index >= 15 is 0 Å². The third kappa shape index (κ3) is 2.88. The maximum Gasteiger partial charge on any atom is 0.187 e. The monoisotopic (exact) mass is 319 g/mol. The summed E-state index contributed by atoms with van der Waals surface area (Å²) in [5.41, 5.74) is 1.92. The van der Waals surface area contributed by atoms with Crippen molar-refractivity contribution < 1.29 is 4.79 Å². The summed E-state index contributed by atoms with van der Waals surface area (Å²) in [6.45, 7) is 1.54. The number of benzene rings is 1. The molecule has 3 rings (SSSR count). The minimum Gasteiger partial charge on any atom is -0.299 e. The quantitative estimate of drug-likeness (QED) is 0.543. The van der Waals surface area contributed by atoms with Gasteiger partial charge < -0.3 is 0 Å². The van der Waals surface area contributed by atoms with Crippen LogP contribution in [0.4, 0.5) is 0 Å². The van der Waals surface area contributed by atoms with Crippen LogP contribution < -0.4 is 0 Å². The number of nitrogens with zero attached hydrogens (tertiary/aromatic N) is 5. The van der Waals surface area contributed by atoms with Gasteiger partial charge in [0.1, 0.15) is 17.1 Å². The van der Waals surface area contributed by atoms with E-state index in [1.54, 1.807) is 16.8 Å². The summed E-state index contributed by atoms with van der Waals surface area (Å²) in [6.07, 6.45) is 1.44. The average Bonchev–Trinajstić information content (AvgIpc) is 2.89. The van der Waals surface area contributed by atoms with Gasteiger partial charge >= 0.3 is 0 Å². The minimum atomic E-state index is 0.0778. The standard InChI is InChI=1S/C13H10ClN5OS/c1-8(20)6-21-13-11-12(15-7-16-13)19(18-17-11)10-4-2-3-9(14)5-10/h2-5,7H,6H2,1H3. The number of thioether (sulfide) groups is 1. The Hall–Kier alpha value is -1.99. The van der Waals surface area contributed by atoms with E-state index in [4.69, 9.17) is 11.6 Å². The lowest BCUT2D eigenvalue weighted by molar-refractivity contribution is -0.114. The van der Waals surface area contributed by atoms with Crippen LogP contribution in [0.1, 0.15) is 6.92 Å². The molecule has 0 fully saturated rings. The van der Waals surface area contributed by atoms with Gasteiger partial charge in [0.15, 0.2) is 11.2 Å². The largest absolute Gasteiger partial charge is 0.299 e. The summed E-state index contributed by atoms with van der Waals surface area (Å²) < 4.78 is 1.60. The fourth-order valence-corrected chi connectivity index (χ4v) is 2.70. The minimum absolute atomic E-state index is 0.0778. The zero-order valence-corrected chi connectivity index (χ0v) is 12.6. The highest BCUT2D eigenvalue weighted by molar-refractivity contribution is 8.00. The molecule has 0 bridgehead atoms. The van der Waals surface area contributed by atoms with Crippen molar-refractivity contribution in [1.82, 2.24) is 25.0 Å². The van der Waals surface area contributed by atoms with Crippen LogP contribution in [0.5, 0.6) is 0 Å². The van der Waals surface area contributed by atoms with Gasteiger partial charge in [-0.3, -0.25) is 4.79 Å². The summed E-state index contributed by atoms with van der Waals surface area (Å²) >= 11 is 7.32. The first-order valence-electron chi connectivity index (χ1n) is 6.10. The molecule has 0 aliphatic carbocycles.